The summed E-state index contributed by atoms with van der Waals surface area (Å²) in [5.41, 5.74) is 3.49. The Morgan fingerprint density at radius 2 is 1.95 bits per heavy atom. The molecule has 2 N–H and O–H groups in total. The monoisotopic (exact) mass is 284 g/mol. The van der Waals surface area contributed by atoms with Gasteiger partial charge >= 0.3 is 0 Å². The van der Waals surface area contributed by atoms with Crippen molar-refractivity contribution in [1.82, 2.24) is 4.98 Å². The average molecular weight is 285 g/mol. The van der Waals surface area contributed by atoms with Crippen LogP contribution in [0.4, 0.5) is 5.69 Å². The summed E-state index contributed by atoms with van der Waals surface area (Å²) >= 11 is 6.25. The molecule has 2 nitrogen and oxygen atoms in total. The van der Waals surface area contributed by atoms with Crippen LogP contribution in [0.1, 0.15) is 18.4 Å². The predicted octanol–water partition coefficient (Wildman–Crippen LogP) is 5.04. The fourth-order valence-corrected chi connectivity index (χ4v) is 2.81. The van der Waals surface area contributed by atoms with Crippen LogP contribution in [0.15, 0.2) is 54.7 Å². The summed E-state index contributed by atoms with van der Waals surface area (Å²) in [4.78, 5) is 3.23. The Balaban J connectivity index is 1.76. The van der Waals surface area contributed by atoms with Crippen molar-refractivity contribution in [1.29, 1.82) is 0 Å². The molecule has 20 heavy (non-hydrogen) atoms. The topological polar surface area (TPSA) is 27.8 Å². The van der Waals surface area contributed by atoms with Crippen molar-refractivity contribution >= 4 is 28.2 Å². The number of nitrogens with one attached hydrogen (secondary N) is 2. The number of halogens is 1. The number of rotatable bonds is 4. The molecule has 1 atom stereocenters. The molecular weight excluding hydrogens is 268 g/mol. The van der Waals surface area contributed by atoms with Crippen LogP contribution in [-0.4, -0.2) is 11.5 Å². The standard InChI is InChI=1S/C17H17ClN2/c1-12(13-5-2-3-6-15(13)18)11-20-17-8-4-7-16-14(17)9-10-19-16/h2-10,12,19-20H,11H2,1H3. The molecule has 0 aliphatic carbocycles. The molecular formula is C17H17ClN2. The molecule has 0 fully saturated rings. The van der Waals surface area contributed by atoms with Gasteiger partial charge in [0.15, 0.2) is 0 Å². The van der Waals surface area contributed by atoms with Crippen molar-refractivity contribution in [2.24, 2.45) is 0 Å². The molecule has 1 unspecified atom stereocenters. The summed E-state index contributed by atoms with van der Waals surface area (Å²) in [5, 5.41) is 5.58. The summed E-state index contributed by atoms with van der Waals surface area (Å²) in [7, 11) is 0. The fraction of sp³-hybridized carbons (Fsp3) is 0.176. The number of aromatic amines is 1. The van der Waals surface area contributed by atoms with E-state index < -0.39 is 0 Å². The minimum absolute atomic E-state index is 0.359. The Hall–Kier alpha value is -1.93. The molecule has 0 radical (unpaired) electrons. The summed E-state index contributed by atoms with van der Waals surface area (Å²) in [6.07, 6.45) is 1.97. The van der Waals surface area contributed by atoms with Gasteiger partial charge in [-0.1, -0.05) is 42.8 Å². The van der Waals surface area contributed by atoms with E-state index in [-0.39, 0.29) is 0 Å². The predicted molar refractivity (Wildman–Crippen MR) is 86.7 cm³/mol. The molecule has 0 saturated heterocycles. The smallest absolute Gasteiger partial charge is 0.0474 e. The SMILES string of the molecule is CC(CNc1cccc2[nH]ccc12)c1ccccc1Cl. The first kappa shape index (κ1) is 13.1. The lowest BCUT2D eigenvalue weighted by Crippen LogP contribution is -2.10. The maximum Gasteiger partial charge on any atom is 0.0474 e. The van der Waals surface area contributed by atoms with Gasteiger partial charge in [-0.2, -0.15) is 0 Å². The first-order valence-electron chi connectivity index (χ1n) is 6.80. The number of hydrogen-bond donors (Lipinski definition) is 2. The van der Waals surface area contributed by atoms with E-state index in [0.29, 0.717) is 5.92 Å². The minimum Gasteiger partial charge on any atom is -0.384 e. The van der Waals surface area contributed by atoms with Gasteiger partial charge in [0.05, 0.1) is 0 Å². The quantitative estimate of drug-likeness (QED) is 0.690. The lowest BCUT2D eigenvalue weighted by molar-refractivity contribution is 0.806. The molecule has 0 aliphatic rings. The number of benzene rings is 2. The van der Waals surface area contributed by atoms with Crippen molar-refractivity contribution in [2.45, 2.75) is 12.8 Å². The van der Waals surface area contributed by atoms with Gasteiger partial charge < -0.3 is 10.3 Å². The Bertz CT molecular complexity index is 718. The zero-order valence-electron chi connectivity index (χ0n) is 11.4. The van der Waals surface area contributed by atoms with Crippen LogP contribution in [0.5, 0.6) is 0 Å². The average Bonchev–Trinajstić information content (AvgIpc) is 2.94. The highest BCUT2D eigenvalue weighted by atomic mass is 35.5. The maximum atomic E-state index is 6.25. The van der Waals surface area contributed by atoms with E-state index in [1.54, 1.807) is 0 Å². The minimum atomic E-state index is 0.359. The summed E-state index contributed by atoms with van der Waals surface area (Å²) in [5.74, 6) is 0.359. The van der Waals surface area contributed by atoms with Gasteiger partial charge in [0.2, 0.25) is 0 Å². The molecule has 3 aromatic rings. The second-order valence-corrected chi connectivity index (χ2v) is 5.46. The van der Waals surface area contributed by atoms with Crippen LogP contribution in [0.25, 0.3) is 10.9 Å². The number of aromatic nitrogens is 1. The Kier molecular flexibility index (Phi) is 3.66. The van der Waals surface area contributed by atoms with Gasteiger partial charge in [-0.25, -0.2) is 0 Å². The van der Waals surface area contributed by atoms with E-state index in [0.717, 1.165) is 22.8 Å². The van der Waals surface area contributed by atoms with Crippen LogP contribution in [-0.2, 0) is 0 Å². The highest BCUT2D eigenvalue weighted by Gasteiger charge is 2.09. The Morgan fingerprint density at radius 1 is 1.10 bits per heavy atom. The first-order valence-corrected chi connectivity index (χ1v) is 7.18. The van der Waals surface area contributed by atoms with Gasteiger partial charge in [-0.15, -0.1) is 0 Å². The third-order valence-electron chi connectivity index (χ3n) is 3.63. The van der Waals surface area contributed by atoms with Crippen LogP contribution in [0, 0.1) is 0 Å². The lowest BCUT2D eigenvalue weighted by atomic mass is 10.0. The van der Waals surface area contributed by atoms with E-state index in [4.69, 9.17) is 11.6 Å². The van der Waals surface area contributed by atoms with Crippen molar-refractivity contribution in [2.75, 3.05) is 11.9 Å². The normalized spacial score (nSPS) is 12.5. The van der Waals surface area contributed by atoms with E-state index >= 15 is 0 Å². The Morgan fingerprint density at radius 3 is 2.80 bits per heavy atom. The maximum absolute atomic E-state index is 6.25. The van der Waals surface area contributed by atoms with Gasteiger partial charge in [0.1, 0.15) is 0 Å². The van der Waals surface area contributed by atoms with Gasteiger partial charge in [-0.05, 0) is 35.7 Å². The molecule has 3 heteroatoms. The molecule has 3 rings (SSSR count). The van der Waals surface area contributed by atoms with E-state index in [1.165, 1.54) is 10.9 Å². The molecule has 102 valence electrons. The van der Waals surface area contributed by atoms with Crippen LogP contribution in [0.2, 0.25) is 5.02 Å². The van der Waals surface area contributed by atoms with Crippen molar-refractivity contribution < 1.29 is 0 Å². The third kappa shape index (κ3) is 2.52. The van der Waals surface area contributed by atoms with Gasteiger partial charge in [0, 0.05) is 34.4 Å². The van der Waals surface area contributed by atoms with E-state index in [9.17, 15) is 0 Å². The second kappa shape index (κ2) is 5.59. The van der Waals surface area contributed by atoms with E-state index in [2.05, 4.69) is 47.6 Å². The molecule has 1 aromatic heterocycles. The molecule has 0 aliphatic heterocycles. The number of H-pyrrole nitrogens is 1. The second-order valence-electron chi connectivity index (χ2n) is 5.05. The van der Waals surface area contributed by atoms with Crippen molar-refractivity contribution in [3.05, 3.63) is 65.3 Å². The molecule has 0 spiro atoms. The van der Waals surface area contributed by atoms with Crippen LogP contribution < -0.4 is 5.32 Å². The number of anilines is 1. The summed E-state index contributed by atoms with van der Waals surface area (Å²) in [6.45, 7) is 3.04. The highest BCUT2D eigenvalue weighted by Crippen LogP contribution is 2.26. The molecule has 2 aromatic carbocycles. The molecule has 0 amide bonds. The van der Waals surface area contributed by atoms with Crippen molar-refractivity contribution in [3.8, 4) is 0 Å². The highest BCUT2D eigenvalue weighted by molar-refractivity contribution is 6.31. The van der Waals surface area contributed by atoms with Crippen LogP contribution >= 0.6 is 11.6 Å². The zero-order valence-corrected chi connectivity index (χ0v) is 12.1. The van der Waals surface area contributed by atoms with Gasteiger partial charge in [-0.3, -0.25) is 0 Å². The molecule has 0 saturated carbocycles. The lowest BCUT2D eigenvalue weighted by Gasteiger charge is -2.16. The van der Waals surface area contributed by atoms with Crippen molar-refractivity contribution in [3.63, 3.8) is 0 Å². The van der Waals surface area contributed by atoms with Crippen LogP contribution in [0.3, 0.4) is 0 Å². The number of hydrogen-bond acceptors (Lipinski definition) is 1. The summed E-state index contributed by atoms with van der Waals surface area (Å²) < 4.78 is 0. The molecule has 1 heterocycles. The largest absolute Gasteiger partial charge is 0.384 e. The first-order chi connectivity index (χ1) is 9.75. The van der Waals surface area contributed by atoms with Gasteiger partial charge in [0.25, 0.3) is 0 Å². The molecule has 0 bridgehead atoms. The summed E-state index contributed by atoms with van der Waals surface area (Å²) in [6, 6.07) is 16.4. The van der Waals surface area contributed by atoms with E-state index in [1.807, 2.05) is 24.4 Å². The third-order valence-corrected chi connectivity index (χ3v) is 3.97. The fourth-order valence-electron chi connectivity index (χ4n) is 2.49. The number of fused-ring (bicyclic) bond motifs is 1. The Labute approximate surface area is 123 Å². The zero-order chi connectivity index (χ0) is 13.9.